The van der Waals surface area contributed by atoms with E-state index in [9.17, 15) is 9.59 Å². The Balaban J connectivity index is 1.52. The number of fused-ring (bicyclic) bond motifs is 1. The van der Waals surface area contributed by atoms with Gasteiger partial charge in [0.1, 0.15) is 13.1 Å². The van der Waals surface area contributed by atoms with Crippen molar-refractivity contribution in [2.75, 3.05) is 44.7 Å². The van der Waals surface area contributed by atoms with Crippen molar-refractivity contribution >= 4 is 29.3 Å². The van der Waals surface area contributed by atoms with Crippen LogP contribution in [0.3, 0.4) is 0 Å². The van der Waals surface area contributed by atoms with Crippen molar-refractivity contribution in [2.24, 2.45) is 0 Å². The van der Waals surface area contributed by atoms with E-state index in [4.69, 9.17) is 4.74 Å². The summed E-state index contributed by atoms with van der Waals surface area (Å²) in [5, 5.41) is 2.86. The number of nitrogens with zero attached hydrogens (tertiary/aromatic N) is 1. The lowest BCUT2D eigenvalue weighted by atomic mass is 10.1. The number of quaternary nitrogens is 1. The van der Waals surface area contributed by atoms with Gasteiger partial charge >= 0.3 is 0 Å². The molecule has 3 aliphatic rings. The van der Waals surface area contributed by atoms with Crippen molar-refractivity contribution in [1.82, 2.24) is 4.90 Å². The van der Waals surface area contributed by atoms with Crippen LogP contribution in [0.15, 0.2) is 23.1 Å². The Morgan fingerprint density at radius 1 is 1.25 bits per heavy atom. The Morgan fingerprint density at radius 2 is 2.00 bits per heavy atom. The number of hydrogen-bond donors (Lipinski definition) is 2. The van der Waals surface area contributed by atoms with Crippen LogP contribution in [0.2, 0.25) is 0 Å². The maximum absolute atomic E-state index is 12.5. The third-order valence-corrected chi connectivity index (χ3v) is 6.26. The van der Waals surface area contributed by atoms with Gasteiger partial charge in [-0.25, -0.2) is 0 Å². The molecular weight excluding hydrogens is 326 g/mol. The van der Waals surface area contributed by atoms with E-state index in [2.05, 4.69) is 5.32 Å². The second-order valence-electron chi connectivity index (χ2n) is 6.47. The molecule has 3 aliphatic heterocycles. The fourth-order valence-corrected chi connectivity index (χ4v) is 4.72. The molecule has 0 radical (unpaired) electrons. The van der Waals surface area contributed by atoms with Crippen LogP contribution < -0.4 is 10.2 Å². The van der Waals surface area contributed by atoms with Gasteiger partial charge in [0.05, 0.1) is 18.9 Å². The molecule has 6 nitrogen and oxygen atoms in total. The molecule has 1 aromatic carbocycles. The maximum atomic E-state index is 12.5. The third-order valence-electron chi connectivity index (χ3n) is 4.87. The average molecular weight is 348 g/mol. The summed E-state index contributed by atoms with van der Waals surface area (Å²) in [6.45, 7) is 4.78. The summed E-state index contributed by atoms with van der Waals surface area (Å²) < 4.78 is 5.38. The highest BCUT2D eigenvalue weighted by Gasteiger charge is 2.36. The van der Waals surface area contributed by atoms with Crippen molar-refractivity contribution < 1.29 is 19.2 Å². The Bertz CT molecular complexity index is 654. The zero-order valence-electron chi connectivity index (χ0n) is 13.5. The standard InChI is InChI=1S/C17H21N3O3S/c21-15-17(20-7-9-23-10-8-20)24-14-4-3-12(11-13(14)18-15)16(22)19-5-1-2-6-19/h3-4,11,17H,1-2,5-10H2,(H,18,21)/p+1. The predicted molar refractivity (Wildman–Crippen MR) is 91.4 cm³/mol. The lowest BCUT2D eigenvalue weighted by Crippen LogP contribution is -3.18. The number of hydrogen-bond acceptors (Lipinski definition) is 4. The summed E-state index contributed by atoms with van der Waals surface area (Å²) >= 11 is 1.59. The molecule has 1 unspecified atom stereocenters. The lowest BCUT2D eigenvalue weighted by molar-refractivity contribution is -0.909. The minimum atomic E-state index is -0.137. The van der Waals surface area contributed by atoms with Crippen LogP contribution in [-0.4, -0.2) is 61.5 Å². The average Bonchev–Trinajstić information content (AvgIpc) is 3.15. The minimum Gasteiger partial charge on any atom is -0.370 e. The Hall–Kier alpha value is -1.57. The SMILES string of the molecule is O=C1Nc2cc(C(=O)N3CCCC3)ccc2SC1[NH+]1CCOCC1. The lowest BCUT2D eigenvalue weighted by Gasteiger charge is -2.33. The van der Waals surface area contributed by atoms with E-state index in [0.717, 1.165) is 49.6 Å². The van der Waals surface area contributed by atoms with Crippen LogP contribution in [0, 0.1) is 0 Å². The molecule has 2 saturated heterocycles. The molecule has 2 fully saturated rings. The molecule has 0 bridgehead atoms. The first-order chi connectivity index (χ1) is 11.7. The molecule has 1 aromatic rings. The van der Waals surface area contributed by atoms with E-state index in [1.165, 1.54) is 4.90 Å². The maximum Gasteiger partial charge on any atom is 0.294 e. The molecule has 7 heteroatoms. The van der Waals surface area contributed by atoms with E-state index in [0.29, 0.717) is 18.8 Å². The molecule has 3 heterocycles. The quantitative estimate of drug-likeness (QED) is 0.802. The van der Waals surface area contributed by atoms with Crippen molar-refractivity contribution in [3.63, 3.8) is 0 Å². The normalized spacial score (nSPS) is 24.6. The zero-order valence-corrected chi connectivity index (χ0v) is 14.4. The van der Waals surface area contributed by atoms with Crippen molar-refractivity contribution in [3.8, 4) is 0 Å². The van der Waals surface area contributed by atoms with E-state index in [1.54, 1.807) is 11.8 Å². The summed E-state index contributed by atoms with van der Waals surface area (Å²) in [6, 6.07) is 5.68. The molecule has 0 saturated carbocycles. The van der Waals surface area contributed by atoms with Gasteiger partial charge < -0.3 is 19.9 Å². The molecular formula is C17H22N3O3S+. The summed E-state index contributed by atoms with van der Waals surface area (Å²) in [5.41, 5.74) is 1.42. The Kier molecular flexibility index (Phi) is 4.47. The second-order valence-corrected chi connectivity index (χ2v) is 7.61. The van der Waals surface area contributed by atoms with Gasteiger partial charge in [-0.1, -0.05) is 11.8 Å². The monoisotopic (exact) mass is 348 g/mol. The van der Waals surface area contributed by atoms with Gasteiger partial charge in [0, 0.05) is 23.5 Å². The second kappa shape index (κ2) is 6.74. The topological polar surface area (TPSA) is 63.1 Å². The number of amides is 2. The molecule has 128 valence electrons. The first-order valence-electron chi connectivity index (χ1n) is 8.55. The first kappa shape index (κ1) is 15.9. The number of morpholine rings is 1. The number of anilines is 1. The Morgan fingerprint density at radius 3 is 2.75 bits per heavy atom. The number of carbonyl (C=O) groups excluding carboxylic acids is 2. The van der Waals surface area contributed by atoms with E-state index in [-0.39, 0.29) is 17.2 Å². The van der Waals surface area contributed by atoms with E-state index >= 15 is 0 Å². The fourth-order valence-electron chi connectivity index (χ4n) is 3.51. The van der Waals surface area contributed by atoms with E-state index in [1.807, 2.05) is 23.1 Å². The number of ether oxygens (including phenoxy) is 1. The van der Waals surface area contributed by atoms with Gasteiger partial charge in [0.2, 0.25) is 5.37 Å². The molecule has 0 aliphatic carbocycles. The highest BCUT2D eigenvalue weighted by atomic mass is 32.2. The molecule has 2 N–H and O–H groups in total. The van der Waals surface area contributed by atoms with Gasteiger partial charge in [0.15, 0.2) is 0 Å². The summed E-state index contributed by atoms with van der Waals surface area (Å²) in [5.74, 6) is 0.0886. The molecule has 1 atom stereocenters. The van der Waals surface area contributed by atoms with Crippen LogP contribution in [0.4, 0.5) is 5.69 Å². The van der Waals surface area contributed by atoms with Gasteiger partial charge in [-0.05, 0) is 31.0 Å². The number of benzene rings is 1. The predicted octanol–water partition coefficient (Wildman–Crippen LogP) is 0.208. The number of thioether (sulfide) groups is 1. The van der Waals surface area contributed by atoms with Crippen molar-refractivity contribution in [2.45, 2.75) is 23.1 Å². The van der Waals surface area contributed by atoms with E-state index < -0.39 is 0 Å². The van der Waals surface area contributed by atoms with Crippen LogP contribution in [0.5, 0.6) is 0 Å². The molecule has 2 amide bonds. The minimum absolute atomic E-state index is 0.0233. The highest BCUT2D eigenvalue weighted by molar-refractivity contribution is 8.00. The number of likely N-dealkylation sites (tertiary alicyclic amines) is 1. The largest absolute Gasteiger partial charge is 0.370 e. The molecule has 4 rings (SSSR count). The molecule has 0 spiro atoms. The smallest absolute Gasteiger partial charge is 0.294 e. The Labute approximate surface area is 145 Å². The zero-order chi connectivity index (χ0) is 16.5. The van der Waals surface area contributed by atoms with Crippen LogP contribution in [0.25, 0.3) is 0 Å². The fraction of sp³-hybridized carbons (Fsp3) is 0.529. The van der Waals surface area contributed by atoms with Gasteiger partial charge in [-0.2, -0.15) is 0 Å². The summed E-state index contributed by atoms with van der Waals surface area (Å²) in [7, 11) is 0. The van der Waals surface area contributed by atoms with Crippen LogP contribution >= 0.6 is 11.8 Å². The van der Waals surface area contributed by atoms with Crippen LogP contribution in [-0.2, 0) is 9.53 Å². The van der Waals surface area contributed by atoms with Gasteiger partial charge in [0.25, 0.3) is 11.8 Å². The summed E-state index contributed by atoms with van der Waals surface area (Å²) in [4.78, 5) is 29.2. The summed E-state index contributed by atoms with van der Waals surface area (Å²) in [6.07, 6.45) is 2.15. The molecule has 24 heavy (non-hydrogen) atoms. The van der Waals surface area contributed by atoms with Gasteiger partial charge in [-0.3, -0.25) is 9.59 Å². The number of carbonyl (C=O) groups is 2. The third kappa shape index (κ3) is 3.03. The highest BCUT2D eigenvalue weighted by Crippen LogP contribution is 2.34. The van der Waals surface area contributed by atoms with Gasteiger partial charge in [-0.15, -0.1) is 0 Å². The number of rotatable bonds is 2. The van der Waals surface area contributed by atoms with Crippen LogP contribution in [0.1, 0.15) is 23.2 Å². The number of nitrogens with one attached hydrogen (secondary N) is 2. The van der Waals surface area contributed by atoms with Crippen molar-refractivity contribution in [3.05, 3.63) is 23.8 Å². The van der Waals surface area contributed by atoms with Crippen molar-refractivity contribution in [1.29, 1.82) is 0 Å². The molecule has 0 aromatic heterocycles. The first-order valence-corrected chi connectivity index (χ1v) is 9.43.